The average Bonchev–Trinajstić information content (AvgIpc) is 3.31. The van der Waals surface area contributed by atoms with Gasteiger partial charge in [0.15, 0.2) is 11.7 Å². The molecule has 2 heterocycles. The molecule has 0 fully saturated rings. The zero-order chi connectivity index (χ0) is 20.0. The van der Waals surface area contributed by atoms with Gasteiger partial charge in [-0.15, -0.1) is 35.3 Å². The number of guanidine groups is 1. The van der Waals surface area contributed by atoms with Gasteiger partial charge in [-0.3, -0.25) is 4.99 Å². The van der Waals surface area contributed by atoms with Gasteiger partial charge >= 0.3 is 6.18 Å². The first-order chi connectivity index (χ1) is 13.5. The summed E-state index contributed by atoms with van der Waals surface area (Å²) in [6.07, 6.45) is -0.969. The number of hydrogen-bond acceptors (Lipinski definition) is 3. The number of aryl methyl sites for hydroxylation is 1. The van der Waals surface area contributed by atoms with E-state index in [0.717, 1.165) is 36.2 Å². The molecule has 3 aromatic rings. The summed E-state index contributed by atoms with van der Waals surface area (Å²) < 4.78 is 39.9. The fourth-order valence-corrected chi connectivity index (χ4v) is 3.66. The van der Waals surface area contributed by atoms with Gasteiger partial charge in [0.2, 0.25) is 0 Å². The maximum atomic E-state index is 12.6. The van der Waals surface area contributed by atoms with Crippen molar-refractivity contribution in [2.24, 2.45) is 4.99 Å². The molecule has 0 aliphatic carbocycles. The topological polar surface area (TPSA) is 54.2 Å². The minimum absolute atomic E-state index is 0. The van der Waals surface area contributed by atoms with Crippen LogP contribution >= 0.6 is 35.3 Å². The highest BCUT2D eigenvalue weighted by atomic mass is 127. The highest BCUT2D eigenvalue weighted by molar-refractivity contribution is 14.0. The Morgan fingerprint density at radius 2 is 1.93 bits per heavy atom. The molecule has 0 saturated heterocycles. The smallest absolute Gasteiger partial charge is 0.356 e. The number of thiazole rings is 1. The van der Waals surface area contributed by atoms with Crippen LogP contribution in [-0.2, 0) is 19.1 Å². The largest absolute Gasteiger partial charge is 0.434 e. The predicted octanol–water partition coefficient (Wildman–Crippen LogP) is 4.53. The van der Waals surface area contributed by atoms with E-state index in [-0.39, 0.29) is 24.0 Å². The van der Waals surface area contributed by atoms with E-state index in [0.29, 0.717) is 23.9 Å². The molecule has 2 N–H and O–H groups in total. The molecule has 0 aliphatic rings. The molecule has 0 radical (unpaired) electrons. The number of nitrogens with zero attached hydrogens (tertiary/aromatic N) is 3. The zero-order valence-electron chi connectivity index (χ0n) is 15.9. The molecule has 0 saturated carbocycles. The summed E-state index contributed by atoms with van der Waals surface area (Å²) in [5.41, 5.74) is 0.388. The van der Waals surface area contributed by atoms with E-state index in [1.165, 1.54) is 10.9 Å². The highest BCUT2D eigenvalue weighted by Gasteiger charge is 2.33. The maximum absolute atomic E-state index is 12.6. The molecular weight excluding hydrogens is 514 g/mol. The molecule has 1 aromatic carbocycles. The molecular formula is C19H23F3IN5S. The summed E-state index contributed by atoms with van der Waals surface area (Å²) in [7, 11) is 1.67. The fraction of sp³-hybridized carbons (Fsp3) is 0.368. The number of benzene rings is 1. The van der Waals surface area contributed by atoms with Gasteiger partial charge in [-0.2, -0.15) is 13.2 Å². The number of para-hydroxylation sites is 1. The van der Waals surface area contributed by atoms with E-state index in [1.807, 2.05) is 12.1 Å². The van der Waals surface area contributed by atoms with Gasteiger partial charge < -0.3 is 15.2 Å². The van der Waals surface area contributed by atoms with Crippen LogP contribution in [0.1, 0.15) is 17.1 Å². The fourth-order valence-electron chi connectivity index (χ4n) is 2.86. The third-order valence-electron chi connectivity index (χ3n) is 4.25. The van der Waals surface area contributed by atoms with E-state index < -0.39 is 11.9 Å². The number of nitrogens with one attached hydrogen (secondary N) is 2. The first kappa shape index (κ1) is 23.5. The molecule has 5 nitrogen and oxygen atoms in total. The van der Waals surface area contributed by atoms with Crippen molar-refractivity contribution in [1.82, 2.24) is 20.2 Å². The van der Waals surface area contributed by atoms with E-state index in [1.54, 1.807) is 7.05 Å². The lowest BCUT2D eigenvalue weighted by molar-refractivity contribution is -0.140. The molecule has 0 aliphatic heterocycles. The third kappa shape index (κ3) is 6.59. The van der Waals surface area contributed by atoms with E-state index >= 15 is 0 Å². The van der Waals surface area contributed by atoms with Crippen LogP contribution in [0, 0.1) is 0 Å². The average molecular weight is 537 g/mol. The van der Waals surface area contributed by atoms with Gasteiger partial charge in [0.25, 0.3) is 0 Å². The minimum atomic E-state index is -4.38. The summed E-state index contributed by atoms with van der Waals surface area (Å²) in [6.45, 7) is 2.09. The van der Waals surface area contributed by atoms with Crippen LogP contribution in [0.2, 0.25) is 0 Å². The first-order valence-electron chi connectivity index (χ1n) is 8.97. The molecule has 0 unspecified atom stereocenters. The van der Waals surface area contributed by atoms with Crippen molar-refractivity contribution in [2.45, 2.75) is 25.6 Å². The van der Waals surface area contributed by atoms with Gasteiger partial charge in [0.05, 0.1) is 5.01 Å². The second-order valence-electron chi connectivity index (χ2n) is 6.22. The van der Waals surface area contributed by atoms with E-state index in [2.05, 4.69) is 49.6 Å². The summed E-state index contributed by atoms with van der Waals surface area (Å²) in [4.78, 5) is 7.76. The maximum Gasteiger partial charge on any atom is 0.434 e. The Labute approximate surface area is 188 Å². The zero-order valence-corrected chi connectivity index (χ0v) is 19.0. The first-order valence-corrected chi connectivity index (χ1v) is 9.85. The van der Waals surface area contributed by atoms with Crippen molar-refractivity contribution in [1.29, 1.82) is 0 Å². The molecule has 158 valence electrons. The van der Waals surface area contributed by atoms with Gasteiger partial charge in [-0.1, -0.05) is 18.2 Å². The lowest BCUT2D eigenvalue weighted by atomic mass is 10.2. The van der Waals surface area contributed by atoms with Crippen molar-refractivity contribution in [3.8, 4) is 0 Å². The van der Waals surface area contributed by atoms with Crippen LogP contribution in [-0.4, -0.2) is 35.6 Å². The van der Waals surface area contributed by atoms with E-state index in [4.69, 9.17) is 0 Å². The van der Waals surface area contributed by atoms with Crippen molar-refractivity contribution < 1.29 is 13.2 Å². The van der Waals surface area contributed by atoms with Crippen molar-refractivity contribution >= 4 is 52.2 Å². The lowest BCUT2D eigenvalue weighted by Crippen LogP contribution is -2.39. The SMILES string of the molecule is CN=C(NCCCn1ccc2ccccc21)NCCc1nc(C(F)(F)F)cs1.I. The summed E-state index contributed by atoms with van der Waals surface area (Å²) in [5, 5.41) is 9.06. The molecule has 3 rings (SSSR count). The Bertz CT molecular complexity index is 935. The van der Waals surface area contributed by atoms with Crippen molar-refractivity contribution in [2.75, 3.05) is 20.1 Å². The molecule has 0 atom stereocenters. The number of halogens is 4. The van der Waals surface area contributed by atoms with E-state index in [9.17, 15) is 13.2 Å². The molecule has 29 heavy (non-hydrogen) atoms. The molecule has 0 bridgehead atoms. The molecule has 2 aromatic heterocycles. The Morgan fingerprint density at radius 1 is 1.17 bits per heavy atom. The van der Waals surface area contributed by atoms with Crippen LogP contribution in [0.25, 0.3) is 10.9 Å². The minimum Gasteiger partial charge on any atom is -0.356 e. The number of aromatic nitrogens is 2. The Balaban J connectivity index is 0.00000300. The molecule has 0 amide bonds. The quantitative estimate of drug-likeness (QED) is 0.202. The van der Waals surface area contributed by atoms with Crippen molar-refractivity contribution in [3.63, 3.8) is 0 Å². The summed E-state index contributed by atoms with van der Waals surface area (Å²) in [6, 6.07) is 10.4. The number of hydrogen-bond donors (Lipinski definition) is 2. The second-order valence-corrected chi connectivity index (χ2v) is 7.16. The predicted molar refractivity (Wildman–Crippen MR) is 122 cm³/mol. The summed E-state index contributed by atoms with van der Waals surface area (Å²) >= 11 is 1.02. The molecule has 0 spiro atoms. The summed E-state index contributed by atoms with van der Waals surface area (Å²) in [5.74, 6) is 0.630. The number of fused-ring (bicyclic) bond motifs is 1. The lowest BCUT2D eigenvalue weighted by Gasteiger charge is -2.12. The van der Waals surface area contributed by atoms with Crippen LogP contribution in [0.15, 0.2) is 46.9 Å². The Morgan fingerprint density at radius 3 is 2.66 bits per heavy atom. The van der Waals surface area contributed by atoms with Gasteiger partial charge in [-0.25, -0.2) is 4.98 Å². The standard InChI is InChI=1S/C19H22F3N5S.HI/c1-23-18(25-10-7-17-26-16(13-28-17)19(20,21)22)24-9-4-11-27-12-8-14-5-2-3-6-15(14)27;/h2-3,5-6,8,12-13H,4,7,9-11H2,1H3,(H2,23,24,25);1H. The van der Waals surface area contributed by atoms with Crippen molar-refractivity contribution in [3.05, 3.63) is 52.6 Å². The molecule has 10 heteroatoms. The van der Waals surface area contributed by atoms with Gasteiger partial charge in [-0.05, 0) is 23.9 Å². The Hall–Kier alpha value is -1.82. The monoisotopic (exact) mass is 537 g/mol. The highest BCUT2D eigenvalue weighted by Crippen LogP contribution is 2.30. The Kier molecular flexibility index (Phi) is 8.75. The van der Waals surface area contributed by atoms with Crippen LogP contribution < -0.4 is 10.6 Å². The number of rotatable bonds is 7. The van der Waals surface area contributed by atoms with Gasteiger partial charge in [0, 0.05) is 50.2 Å². The number of aliphatic imine (C=N–C) groups is 1. The van der Waals surface area contributed by atoms with Crippen LogP contribution in [0.4, 0.5) is 13.2 Å². The normalized spacial score (nSPS) is 12.1. The number of alkyl halides is 3. The van der Waals surface area contributed by atoms with Gasteiger partial charge in [0.1, 0.15) is 0 Å². The second kappa shape index (κ2) is 10.8. The van der Waals surface area contributed by atoms with Crippen LogP contribution in [0.3, 0.4) is 0 Å². The third-order valence-corrected chi connectivity index (χ3v) is 5.15. The van der Waals surface area contributed by atoms with Crippen LogP contribution in [0.5, 0.6) is 0 Å².